The van der Waals surface area contributed by atoms with E-state index in [1.165, 1.54) is 0 Å². The third-order valence-electron chi connectivity index (χ3n) is 4.25. The molecule has 1 heterocycles. The second-order valence-corrected chi connectivity index (χ2v) is 6.44. The first-order chi connectivity index (χ1) is 13.5. The second-order valence-electron chi connectivity index (χ2n) is 6.44. The second kappa shape index (κ2) is 8.90. The van der Waals surface area contributed by atoms with E-state index in [2.05, 4.69) is 16.0 Å². The monoisotopic (exact) mass is 383 g/mol. The zero-order valence-electron chi connectivity index (χ0n) is 15.1. The molecule has 1 atom stereocenters. The summed E-state index contributed by atoms with van der Waals surface area (Å²) in [6.45, 7) is -0.122. The first-order valence-electron chi connectivity index (χ1n) is 8.90. The van der Waals surface area contributed by atoms with Crippen molar-refractivity contribution in [2.24, 2.45) is 0 Å². The third-order valence-corrected chi connectivity index (χ3v) is 4.25. The predicted octanol–water partition coefficient (Wildman–Crippen LogP) is 2.62. The number of hydrogen-bond acceptors (Lipinski definition) is 4. The van der Waals surface area contributed by atoms with Gasteiger partial charge in [0.2, 0.25) is 0 Å². The van der Waals surface area contributed by atoms with Gasteiger partial charge in [-0.05, 0) is 30.5 Å². The van der Waals surface area contributed by atoms with Gasteiger partial charge >= 0.3 is 12.0 Å². The maximum Gasteiger partial charge on any atom is 0.319 e. The number of nitrogens with one attached hydrogen (secondary N) is 3. The molecule has 4 N–H and O–H groups in total. The molecule has 3 amide bonds. The highest BCUT2D eigenvalue weighted by Crippen LogP contribution is 2.35. The van der Waals surface area contributed by atoms with Crippen molar-refractivity contribution in [2.75, 3.05) is 17.2 Å². The summed E-state index contributed by atoms with van der Waals surface area (Å²) in [7, 11) is 0. The molecule has 0 aliphatic carbocycles. The van der Waals surface area contributed by atoms with Crippen LogP contribution < -0.4 is 20.7 Å². The SMILES string of the molecule is O=C(O)CCC(Cc1ccccc1)NC(=O)Nc1cccc2c1OCC(=O)N2. The first kappa shape index (κ1) is 19.2. The van der Waals surface area contributed by atoms with E-state index in [4.69, 9.17) is 9.84 Å². The van der Waals surface area contributed by atoms with Crippen LogP contribution in [-0.2, 0) is 16.0 Å². The van der Waals surface area contributed by atoms with Crippen molar-refractivity contribution in [1.82, 2.24) is 5.32 Å². The summed E-state index contributed by atoms with van der Waals surface area (Å²) < 4.78 is 5.42. The Morgan fingerprint density at radius 2 is 1.93 bits per heavy atom. The van der Waals surface area contributed by atoms with Crippen molar-refractivity contribution >= 4 is 29.3 Å². The number of fused-ring (bicyclic) bond motifs is 1. The molecule has 8 nitrogen and oxygen atoms in total. The summed E-state index contributed by atoms with van der Waals surface area (Å²) in [5, 5.41) is 17.2. The Bertz CT molecular complexity index is 869. The number of carbonyl (C=O) groups excluding carboxylic acids is 2. The molecule has 8 heteroatoms. The van der Waals surface area contributed by atoms with Gasteiger partial charge in [0.25, 0.3) is 5.91 Å². The van der Waals surface area contributed by atoms with Crippen LogP contribution in [0.4, 0.5) is 16.2 Å². The van der Waals surface area contributed by atoms with E-state index in [1.807, 2.05) is 30.3 Å². The Morgan fingerprint density at radius 1 is 1.14 bits per heavy atom. The molecule has 0 radical (unpaired) electrons. The van der Waals surface area contributed by atoms with Crippen LogP contribution in [0, 0.1) is 0 Å². The highest BCUT2D eigenvalue weighted by Gasteiger charge is 2.21. The Morgan fingerprint density at radius 3 is 2.68 bits per heavy atom. The van der Waals surface area contributed by atoms with Gasteiger partial charge in [0, 0.05) is 12.5 Å². The number of ether oxygens (including phenoxy) is 1. The molecule has 2 aromatic carbocycles. The molecular formula is C20H21N3O5. The molecule has 1 aliphatic heterocycles. The Kier molecular flexibility index (Phi) is 6.11. The van der Waals surface area contributed by atoms with Gasteiger partial charge in [-0.2, -0.15) is 0 Å². The molecule has 2 aromatic rings. The molecule has 0 saturated carbocycles. The topological polar surface area (TPSA) is 117 Å². The fraction of sp³-hybridized carbons (Fsp3) is 0.250. The smallest absolute Gasteiger partial charge is 0.319 e. The van der Waals surface area contributed by atoms with Gasteiger partial charge in [-0.3, -0.25) is 9.59 Å². The van der Waals surface area contributed by atoms with Crippen LogP contribution in [0.5, 0.6) is 5.75 Å². The van der Waals surface area contributed by atoms with E-state index in [1.54, 1.807) is 18.2 Å². The number of para-hydroxylation sites is 1. The van der Waals surface area contributed by atoms with Gasteiger partial charge in [0.05, 0.1) is 11.4 Å². The van der Waals surface area contributed by atoms with Gasteiger partial charge in [-0.1, -0.05) is 36.4 Å². The Labute approximate surface area is 161 Å². The summed E-state index contributed by atoms with van der Waals surface area (Å²) in [6.07, 6.45) is 0.770. The average Bonchev–Trinajstić information content (AvgIpc) is 2.67. The number of rotatable bonds is 7. The van der Waals surface area contributed by atoms with Crippen LogP contribution in [0.2, 0.25) is 0 Å². The molecule has 146 valence electrons. The number of hydrogen-bond donors (Lipinski definition) is 4. The minimum atomic E-state index is -0.915. The standard InChI is InChI=1S/C20H21N3O5/c24-17-12-28-19-15(22-17)7-4-8-16(19)23-20(27)21-14(9-10-18(25)26)11-13-5-2-1-3-6-13/h1-8,14H,9-12H2,(H,22,24)(H,25,26)(H2,21,23,27). The predicted molar refractivity (Wildman–Crippen MR) is 104 cm³/mol. The van der Waals surface area contributed by atoms with Gasteiger partial charge < -0.3 is 25.8 Å². The molecule has 0 aromatic heterocycles. The maximum absolute atomic E-state index is 12.5. The lowest BCUT2D eigenvalue weighted by Crippen LogP contribution is -2.40. The van der Waals surface area contributed by atoms with Crippen molar-refractivity contribution in [3.05, 3.63) is 54.1 Å². The van der Waals surface area contributed by atoms with Crippen LogP contribution in [0.15, 0.2) is 48.5 Å². The zero-order chi connectivity index (χ0) is 19.9. The van der Waals surface area contributed by atoms with Crippen LogP contribution in [-0.4, -0.2) is 35.7 Å². The van der Waals surface area contributed by atoms with Crippen LogP contribution >= 0.6 is 0 Å². The fourth-order valence-electron chi connectivity index (χ4n) is 2.98. The molecule has 0 spiro atoms. The van der Waals surface area contributed by atoms with Gasteiger partial charge in [0.15, 0.2) is 12.4 Å². The molecule has 0 saturated heterocycles. The number of carboxylic acid groups (broad SMARTS) is 1. The van der Waals surface area contributed by atoms with E-state index in [0.29, 0.717) is 30.0 Å². The zero-order valence-corrected chi connectivity index (χ0v) is 15.1. The van der Waals surface area contributed by atoms with Crippen molar-refractivity contribution in [3.8, 4) is 5.75 Å². The minimum absolute atomic E-state index is 0.0480. The van der Waals surface area contributed by atoms with E-state index in [0.717, 1.165) is 5.56 Å². The summed E-state index contributed by atoms with van der Waals surface area (Å²) in [5.41, 5.74) is 1.91. The summed E-state index contributed by atoms with van der Waals surface area (Å²) in [6, 6.07) is 13.8. The first-order valence-corrected chi connectivity index (χ1v) is 8.90. The summed E-state index contributed by atoms with van der Waals surface area (Å²) >= 11 is 0. The lowest BCUT2D eigenvalue weighted by Gasteiger charge is -2.22. The van der Waals surface area contributed by atoms with Crippen LogP contribution in [0.25, 0.3) is 0 Å². The molecule has 0 fully saturated rings. The summed E-state index contributed by atoms with van der Waals surface area (Å²) in [4.78, 5) is 34.9. The number of benzene rings is 2. The van der Waals surface area contributed by atoms with E-state index < -0.39 is 12.0 Å². The van der Waals surface area contributed by atoms with Crippen molar-refractivity contribution in [3.63, 3.8) is 0 Å². The lowest BCUT2D eigenvalue weighted by atomic mass is 10.0. The third kappa shape index (κ3) is 5.23. The number of carboxylic acids is 1. The van der Waals surface area contributed by atoms with Crippen LogP contribution in [0.1, 0.15) is 18.4 Å². The maximum atomic E-state index is 12.5. The summed E-state index contributed by atoms with van der Waals surface area (Å²) in [5.74, 6) is -0.783. The largest absolute Gasteiger partial charge is 0.481 e. The molecule has 3 rings (SSSR count). The Balaban J connectivity index is 1.67. The number of urea groups is 1. The number of anilines is 2. The normalized spacial score (nSPS) is 13.5. The number of carbonyl (C=O) groups is 3. The highest BCUT2D eigenvalue weighted by atomic mass is 16.5. The number of amides is 3. The van der Waals surface area contributed by atoms with Crippen LogP contribution in [0.3, 0.4) is 0 Å². The van der Waals surface area contributed by atoms with E-state index >= 15 is 0 Å². The molecule has 0 bridgehead atoms. The molecular weight excluding hydrogens is 362 g/mol. The van der Waals surface area contributed by atoms with Gasteiger partial charge in [-0.25, -0.2) is 4.79 Å². The van der Waals surface area contributed by atoms with Crippen molar-refractivity contribution < 1.29 is 24.2 Å². The van der Waals surface area contributed by atoms with Gasteiger partial charge in [-0.15, -0.1) is 0 Å². The van der Waals surface area contributed by atoms with E-state index in [-0.39, 0.29) is 25.0 Å². The van der Waals surface area contributed by atoms with E-state index in [9.17, 15) is 14.4 Å². The fourth-order valence-corrected chi connectivity index (χ4v) is 2.98. The average molecular weight is 383 g/mol. The molecule has 28 heavy (non-hydrogen) atoms. The van der Waals surface area contributed by atoms with Gasteiger partial charge in [0.1, 0.15) is 0 Å². The molecule has 1 unspecified atom stereocenters. The lowest BCUT2D eigenvalue weighted by molar-refractivity contribution is -0.137. The molecule has 1 aliphatic rings. The quantitative estimate of drug-likeness (QED) is 0.586. The van der Waals surface area contributed by atoms with Crippen molar-refractivity contribution in [2.45, 2.75) is 25.3 Å². The number of aliphatic carboxylic acids is 1. The minimum Gasteiger partial charge on any atom is -0.481 e. The highest BCUT2D eigenvalue weighted by molar-refractivity contribution is 5.99. The Hall–Kier alpha value is -3.55. The van der Waals surface area contributed by atoms with Crippen molar-refractivity contribution in [1.29, 1.82) is 0 Å².